The molecule has 1 saturated carbocycles. The van der Waals surface area contributed by atoms with Gasteiger partial charge in [0.25, 0.3) is 0 Å². The molecular weight excluding hydrogens is 382 g/mol. The molecule has 2 bridgehead atoms. The molecule has 3 aliphatic rings. The van der Waals surface area contributed by atoms with E-state index in [1.165, 1.54) is 38.0 Å². The Morgan fingerprint density at radius 2 is 2.03 bits per heavy atom. The van der Waals surface area contributed by atoms with Gasteiger partial charge in [-0.3, -0.25) is 0 Å². The fourth-order valence-corrected chi connectivity index (χ4v) is 5.61. The largest absolute Gasteiger partial charge is 0.335 e. The number of nitrogens with zero attached hydrogens (tertiary/aromatic N) is 1. The summed E-state index contributed by atoms with van der Waals surface area (Å²) < 4.78 is 0. The lowest BCUT2D eigenvalue weighted by molar-refractivity contribution is -0.896. The van der Waals surface area contributed by atoms with Crippen molar-refractivity contribution < 1.29 is 9.69 Å². The van der Waals surface area contributed by atoms with Crippen molar-refractivity contribution in [2.24, 2.45) is 17.3 Å². The molecule has 1 fully saturated rings. The van der Waals surface area contributed by atoms with E-state index in [1.807, 2.05) is 18.2 Å². The maximum absolute atomic E-state index is 13.4. The molecule has 3 atom stereocenters. The van der Waals surface area contributed by atoms with E-state index in [-0.39, 0.29) is 12.1 Å². The first-order valence-electron chi connectivity index (χ1n) is 12.4. The predicted octanol–water partition coefficient (Wildman–Crippen LogP) is 4.91. The van der Waals surface area contributed by atoms with Gasteiger partial charge in [-0.1, -0.05) is 37.6 Å². The van der Waals surface area contributed by atoms with E-state index in [9.17, 15) is 4.79 Å². The highest BCUT2D eigenvalue weighted by Gasteiger charge is 2.51. The number of carbonyl (C=O) groups excluding carboxylic acids is 1. The fraction of sp³-hybridized carbons (Fsp3) is 0.667. The minimum Gasteiger partial charge on any atom is -0.335 e. The van der Waals surface area contributed by atoms with Crippen LogP contribution < -0.4 is 10.2 Å². The van der Waals surface area contributed by atoms with Crippen molar-refractivity contribution in [1.29, 1.82) is 0 Å². The summed E-state index contributed by atoms with van der Waals surface area (Å²) in [7, 11) is 0. The van der Waals surface area contributed by atoms with Gasteiger partial charge in [0.2, 0.25) is 0 Å². The molecule has 0 heterocycles. The van der Waals surface area contributed by atoms with Gasteiger partial charge < -0.3 is 15.1 Å². The first kappa shape index (κ1) is 23.8. The van der Waals surface area contributed by atoms with Crippen molar-refractivity contribution in [2.45, 2.75) is 73.3 Å². The highest BCUT2D eigenvalue weighted by Crippen LogP contribution is 2.59. The van der Waals surface area contributed by atoms with E-state index in [1.54, 1.807) is 4.90 Å². The second-order valence-corrected chi connectivity index (χ2v) is 10.4. The normalized spacial score (nSPS) is 22.5. The number of carbonyl (C=O) groups is 1. The zero-order chi connectivity index (χ0) is 22.6. The average Bonchev–Trinajstić information content (AvgIpc) is 2.74. The topological polar surface area (TPSA) is 36.8 Å². The van der Waals surface area contributed by atoms with Crippen molar-refractivity contribution in [1.82, 2.24) is 4.90 Å². The second-order valence-electron chi connectivity index (χ2n) is 10.4. The van der Waals surface area contributed by atoms with Gasteiger partial charge in [0.15, 0.2) is 0 Å². The molecule has 3 aliphatic carbocycles. The molecule has 4 heteroatoms. The van der Waals surface area contributed by atoms with Gasteiger partial charge in [-0.2, -0.15) is 0 Å². The number of aryl methyl sites for hydroxylation is 1. The Balaban J connectivity index is 1.70. The van der Waals surface area contributed by atoms with Crippen LogP contribution in [0, 0.1) is 24.2 Å². The molecule has 0 unspecified atom stereocenters. The Labute approximate surface area is 190 Å². The van der Waals surface area contributed by atoms with Gasteiger partial charge in [-0.15, -0.1) is 0 Å². The predicted molar refractivity (Wildman–Crippen MR) is 131 cm³/mol. The number of allylic oxidation sites excluding steroid dienone is 1. The van der Waals surface area contributed by atoms with Crippen molar-refractivity contribution in [2.75, 3.05) is 31.5 Å². The lowest BCUT2D eigenvalue weighted by Crippen LogP contribution is -3.11. The lowest BCUT2D eigenvalue weighted by atomic mass is 9.49. The van der Waals surface area contributed by atoms with E-state index < -0.39 is 0 Å². The summed E-state index contributed by atoms with van der Waals surface area (Å²) in [6, 6.07) is 8.36. The quantitative estimate of drug-likeness (QED) is 0.512. The van der Waals surface area contributed by atoms with Crippen LogP contribution in [0.5, 0.6) is 0 Å². The maximum atomic E-state index is 13.4. The molecule has 0 saturated heterocycles. The highest BCUT2D eigenvalue weighted by molar-refractivity contribution is 5.89. The number of rotatable bonds is 10. The number of fused-ring (bicyclic) bond motifs is 1. The molecule has 31 heavy (non-hydrogen) atoms. The van der Waals surface area contributed by atoms with Crippen LogP contribution in [-0.2, 0) is 0 Å². The third kappa shape index (κ3) is 5.52. The number of hydrogen-bond donors (Lipinski definition) is 2. The van der Waals surface area contributed by atoms with Crippen LogP contribution in [0.2, 0.25) is 0 Å². The SMILES string of the molecule is CC[NH+](CC)CCC[C@H](C)N(CC1=CC[C@H]2C[C@@H]1C2(C)C)C(=O)Nc1cccc(C)c1. The van der Waals surface area contributed by atoms with E-state index in [0.29, 0.717) is 11.3 Å². The van der Waals surface area contributed by atoms with E-state index in [4.69, 9.17) is 0 Å². The zero-order valence-corrected chi connectivity index (χ0v) is 20.6. The molecule has 0 radical (unpaired) electrons. The Morgan fingerprint density at radius 3 is 2.65 bits per heavy atom. The lowest BCUT2D eigenvalue weighted by Gasteiger charge is -2.57. The Hall–Kier alpha value is -1.81. The summed E-state index contributed by atoms with van der Waals surface area (Å²) in [4.78, 5) is 17.1. The Bertz CT molecular complexity index is 780. The number of hydrogen-bond acceptors (Lipinski definition) is 1. The van der Waals surface area contributed by atoms with Gasteiger partial charge in [-0.25, -0.2) is 4.79 Å². The van der Waals surface area contributed by atoms with Crippen LogP contribution in [0.4, 0.5) is 10.5 Å². The summed E-state index contributed by atoms with van der Waals surface area (Å²) in [5.41, 5.74) is 3.92. The van der Waals surface area contributed by atoms with E-state index in [2.05, 4.69) is 63.9 Å². The van der Waals surface area contributed by atoms with Crippen LogP contribution in [0.15, 0.2) is 35.9 Å². The number of quaternary nitrogens is 1. The summed E-state index contributed by atoms with van der Waals surface area (Å²) in [6.45, 7) is 17.9. The van der Waals surface area contributed by atoms with Gasteiger partial charge in [0.1, 0.15) is 0 Å². The van der Waals surface area contributed by atoms with Crippen LogP contribution in [0.3, 0.4) is 0 Å². The van der Waals surface area contributed by atoms with Crippen molar-refractivity contribution >= 4 is 11.7 Å². The molecular formula is C27H44N3O+. The van der Waals surface area contributed by atoms with Gasteiger partial charge in [0, 0.05) is 18.3 Å². The third-order valence-corrected chi connectivity index (χ3v) is 8.15. The van der Waals surface area contributed by atoms with Gasteiger partial charge >= 0.3 is 6.03 Å². The molecule has 1 aromatic carbocycles. The average molecular weight is 427 g/mol. The zero-order valence-electron chi connectivity index (χ0n) is 20.6. The maximum Gasteiger partial charge on any atom is 0.322 e. The minimum absolute atomic E-state index is 0.0356. The number of urea groups is 1. The summed E-state index contributed by atoms with van der Waals surface area (Å²) in [5, 5.41) is 3.18. The molecule has 0 spiro atoms. The highest BCUT2D eigenvalue weighted by atomic mass is 16.2. The van der Waals surface area contributed by atoms with Crippen LogP contribution in [0.25, 0.3) is 0 Å². The van der Waals surface area contributed by atoms with E-state index >= 15 is 0 Å². The first-order chi connectivity index (χ1) is 14.8. The fourth-order valence-electron chi connectivity index (χ4n) is 5.61. The van der Waals surface area contributed by atoms with Crippen molar-refractivity contribution in [3.05, 3.63) is 41.5 Å². The van der Waals surface area contributed by atoms with Crippen molar-refractivity contribution in [3.8, 4) is 0 Å². The molecule has 2 N–H and O–H groups in total. The molecule has 1 aromatic rings. The summed E-state index contributed by atoms with van der Waals surface area (Å²) >= 11 is 0. The number of amides is 2. The smallest absolute Gasteiger partial charge is 0.322 e. The monoisotopic (exact) mass is 426 g/mol. The molecule has 4 nitrogen and oxygen atoms in total. The third-order valence-electron chi connectivity index (χ3n) is 8.15. The van der Waals surface area contributed by atoms with Crippen LogP contribution in [0.1, 0.15) is 65.9 Å². The van der Waals surface area contributed by atoms with Crippen LogP contribution in [-0.4, -0.2) is 43.2 Å². The number of anilines is 1. The van der Waals surface area contributed by atoms with Crippen molar-refractivity contribution in [3.63, 3.8) is 0 Å². The first-order valence-corrected chi connectivity index (χ1v) is 12.4. The van der Waals surface area contributed by atoms with E-state index in [0.717, 1.165) is 36.6 Å². The Morgan fingerprint density at radius 1 is 1.29 bits per heavy atom. The molecule has 4 rings (SSSR count). The van der Waals surface area contributed by atoms with Gasteiger partial charge in [0.05, 0.1) is 19.6 Å². The summed E-state index contributed by atoms with van der Waals surface area (Å²) in [6.07, 6.45) is 7.11. The minimum atomic E-state index is 0.0356. The number of benzene rings is 1. The summed E-state index contributed by atoms with van der Waals surface area (Å²) in [5.74, 6) is 1.46. The molecule has 2 amide bonds. The van der Waals surface area contributed by atoms with Gasteiger partial charge in [-0.05, 0) is 88.3 Å². The number of nitrogens with one attached hydrogen (secondary N) is 2. The molecule has 0 aromatic heterocycles. The second kappa shape index (κ2) is 10.2. The molecule has 0 aliphatic heterocycles. The Kier molecular flexibility index (Phi) is 7.85. The standard InChI is InChI=1S/C27H43N3O/c1-7-29(8-2)16-10-12-21(4)30(26(31)28-24-13-9-11-20(3)17-24)19-22-14-15-23-18-25(22)27(23,5)6/h9,11,13-14,17,21,23,25H,7-8,10,12,15-16,18-19H2,1-6H3,(H,28,31)/p+1/t21-,23-,25-/m0/s1. The molecule has 172 valence electrons. The van der Waals surface area contributed by atoms with Crippen LogP contribution >= 0.6 is 0 Å².